The summed E-state index contributed by atoms with van der Waals surface area (Å²) < 4.78 is 21.5. The summed E-state index contributed by atoms with van der Waals surface area (Å²) in [7, 11) is -3.15. The van der Waals surface area contributed by atoms with Crippen LogP contribution in [0.1, 0.15) is 14.3 Å². The first-order valence-corrected chi connectivity index (χ1v) is 6.00. The molecule has 0 aromatic rings. The van der Waals surface area contributed by atoms with E-state index in [1.807, 2.05) is 0 Å². The Hall–Kier alpha value is 0.420. The molecule has 0 saturated carbocycles. The van der Waals surface area contributed by atoms with E-state index in [1.165, 1.54) is 0 Å². The van der Waals surface area contributed by atoms with E-state index in [9.17, 15) is 13.2 Å². The first kappa shape index (κ1) is 13.4. The molecule has 0 spiro atoms. The van der Waals surface area contributed by atoms with Gasteiger partial charge in [-0.25, -0.2) is 8.42 Å². The molecule has 0 N–H and O–H groups in total. The molecule has 0 radical (unpaired) electrons. The van der Waals surface area contributed by atoms with Crippen molar-refractivity contribution >= 4 is 15.7 Å². The maximum Gasteiger partial charge on any atom is 1.00 e. The third kappa shape index (κ3) is 5.00. The van der Waals surface area contributed by atoms with Crippen LogP contribution in [0.15, 0.2) is 0 Å². The number of carbonyl (C=O) groups is 1. The van der Waals surface area contributed by atoms with E-state index < -0.39 is 9.84 Å². The molecular weight excluding hydrogens is 201 g/mol. The third-order valence-electron chi connectivity index (χ3n) is 1.84. The van der Waals surface area contributed by atoms with Gasteiger partial charge in [-0.15, -0.1) is 0 Å². The van der Waals surface area contributed by atoms with Crippen LogP contribution in [0, 0.1) is 0 Å². The summed E-state index contributed by atoms with van der Waals surface area (Å²) in [4.78, 5) is 12.8. The van der Waals surface area contributed by atoms with Crippen molar-refractivity contribution in [1.29, 1.82) is 0 Å². The molecule has 72 valence electrons. The second-order valence-electron chi connectivity index (χ2n) is 3.16. The van der Waals surface area contributed by atoms with Crippen LogP contribution in [0.3, 0.4) is 0 Å². The average Bonchev–Trinajstić information content (AvgIpc) is 2.32. The number of hydrogen-bond donors (Lipinski definition) is 0. The number of rotatable bonds is 2. The molecule has 13 heavy (non-hydrogen) atoms. The maximum atomic E-state index is 11.2. The van der Waals surface area contributed by atoms with E-state index in [1.54, 1.807) is 4.90 Å². The number of nitrogens with zero attached hydrogens (tertiary/aromatic N) is 1. The van der Waals surface area contributed by atoms with Gasteiger partial charge in [-0.2, -0.15) is 0 Å². The van der Waals surface area contributed by atoms with E-state index >= 15 is 0 Å². The average molecular weight is 215 g/mol. The Kier molecular flexibility index (Phi) is 5.51. The SMILES string of the molecule is CS(=O)(=O)CC(=O)N1CCCC1.[H-].[Na+]. The first-order chi connectivity index (χ1) is 5.49. The van der Waals surface area contributed by atoms with Crippen molar-refractivity contribution in [2.75, 3.05) is 25.1 Å². The van der Waals surface area contributed by atoms with Crippen molar-refractivity contribution < 1.29 is 44.2 Å². The molecule has 0 bridgehead atoms. The van der Waals surface area contributed by atoms with Crippen molar-refractivity contribution in [2.24, 2.45) is 0 Å². The van der Waals surface area contributed by atoms with Gasteiger partial charge in [0.25, 0.3) is 0 Å². The summed E-state index contributed by atoms with van der Waals surface area (Å²) in [5.41, 5.74) is 0. The minimum Gasteiger partial charge on any atom is -1.00 e. The third-order valence-corrected chi connectivity index (χ3v) is 2.62. The Labute approximate surface area is 102 Å². The van der Waals surface area contributed by atoms with Crippen LogP contribution in [0.2, 0.25) is 0 Å². The molecule has 1 aliphatic heterocycles. The molecule has 1 heterocycles. The Morgan fingerprint density at radius 2 is 1.85 bits per heavy atom. The largest absolute Gasteiger partial charge is 1.00 e. The van der Waals surface area contributed by atoms with Gasteiger partial charge in [-0.3, -0.25) is 4.79 Å². The first-order valence-electron chi connectivity index (χ1n) is 3.94. The molecule has 4 nitrogen and oxygen atoms in total. The monoisotopic (exact) mass is 215 g/mol. The Morgan fingerprint density at radius 1 is 1.38 bits per heavy atom. The maximum absolute atomic E-state index is 11.2. The van der Waals surface area contributed by atoms with Crippen molar-refractivity contribution in [2.45, 2.75) is 12.8 Å². The van der Waals surface area contributed by atoms with Crippen LogP contribution in [-0.4, -0.2) is 44.3 Å². The van der Waals surface area contributed by atoms with Crippen LogP contribution in [0.4, 0.5) is 0 Å². The summed E-state index contributed by atoms with van der Waals surface area (Å²) in [5, 5.41) is 0. The van der Waals surface area contributed by atoms with Crippen LogP contribution in [0.5, 0.6) is 0 Å². The van der Waals surface area contributed by atoms with E-state index in [0.29, 0.717) is 13.1 Å². The van der Waals surface area contributed by atoms with E-state index in [2.05, 4.69) is 0 Å². The van der Waals surface area contributed by atoms with Crippen LogP contribution < -0.4 is 29.6 Å². The molecule has 1 fully saturated rings. The summed E-state index contributed by atoms with van der Waals surface area (Å²) in [6, 6.07) is 0. The molecule has 0 aliphatic carbocycles. The number of likely N-dealkylation sites (tertiary alicyclic amines) is 1. The minimum absolute atomic E-state index is 0. The van der Waals surface area contributed by atoms with E-state index in [-0.39, 0.29) is 42.6 Å². The molecule has 0 aromatic carbocycles. The quantitative estimate of drug-likeness (QED) is 0.455. The van der Waals surface area contributed by atoms with Crippen molar-refractivity contribution in [1.82, 2.24) is 4.90 Å². The minimum atomic E-state index is -3.15. The van der Waals surface area contributed by atoms with Gasteiger partial charge in [-0.1, -0.05) is 0 Å². The molecule has 1 aliphatic rings. The second-order valence-corrected chi connectivity index (χ2v) is 5.30. The fourth-order valence-electron chi connectivity index (χ4n) is 1.28. The van der Waals surface area contributed by atoms with Gasteiger partial charge in [-0.05, 0) is 12.8 Å². The predicted octanol–water partition coefficient (Wildman–Crippen LogP) is -3.23. The number of carbonyl (C=O) groups excluding carboxylic acids is 1. The Morgan fingerprint density at radius 3 is 2.23 bits per heavy atom. The van der Waals surface area contributed by atoms with Gasteiger partial charge >= 0.3 is 29.6 Å². The topological polar surface area (TPSA) is 54.5 Å². The van der Waals surface area contributed by atoms with Crippen molar-refractivity contribution in [3.05, 3.63) is 0 Å². The molecular formula is C7H14NNaO3S. The number of sulfone groups is 1. The normalized spacial score (nSPS) is 16.8. The smallest absolute Gasteiger partial charge is 1.00 e. The van der Waals surface area contributed by atoms with Gasteiger partial charge in [0.1, 0.15) is 5.75 Å². The summed E-state index contributed by atoms with van der Waals surface area (Å²) in [6.07, 6.45) is 3.08. The van der Waals surface area contributed by atoms with Gasteiger partial charge in [0.2, 0.25) is 5.91 Å². The van der Waals surface area contributed by atoms with Crippen molar-refractivity contribution in [3.63, 3.8) is 0 Å². The molecule has 0 atom stereocenters. The van der Waals surface area contributed by atoms with Gasteiger partial charge < -0.3 is 6.33 Å². The van der Waals surface area contributed by atoms with E-state index in [4.69, 9.17) is 0 Å². The summed E-state index contributed by atoms with van der Waals surface area (Å²) in [5.74, 6) is -0.595. The Balaban J connectivity index is 0. The summed E-state index contributed by atoms with van der Waals surface area (Å²) in [6.45, 7) is 1.43. The second kappa shape index (κ2) is 5.34. The van der Waals surface area contributed by atoms with Crippen molar-refractivity contribution in [3.8, 4) is 0 Å². The fraction of sp³-hybridized carbons (Fsp3) is 0.857. The standard InChI is InChI=1S/C7H13NO3S.Na.H/c1-12(10,11)6-7(9)8-4-2-3-5-8;;/h2-6H2,1H3;;/q;+1;-1. The zero-order valence-corrected chi connectivity index (χ0v) is 10.9. The van der Waals surface area contributed by atoms with Crippen LogP contribution in [0.25, 0.3) is 0 Å². The molecule has 0 aromatic heterocycles. The number of hydrogen-bond acceptors (Lipinski definition) is 3. The zero-order valence-electron chi connectivity index (χ0n) is 9.12. The number of amides is 1. The van der Waals surface area contributed by atoms with E-state index in [0.717, 1.165) is 19.1 Å². The predicted molar refractivity (Wildman–Crippen MR) is 46.6 cm³/mol. The summed E-state index contributed by atoms with van der Waals surface area (Å²) >= 11 is 0. The molecule has 1 saturated heterocycles. The molecule has 1 amide bonds. The van der Waals surface area contributed by atoms with Crippen LogP contribution in [-0.2, 0) is 14.6 Å². The Bertz CT molecular complexity index is 275. The zero-order chi connectivity index (χ0) is 9.19. The van der Waals surface area contributed by atoms with Gasteiger partial charge in [0.15, 0.2) is 9.84 Å². The fourth-order valence-corrected chi connectivity index (χ4v) is 1.91. The molecule has 6 heteroatoms. The molecule has 1 rings (SSSR count). The molecule has 0 unspecified atom stereocenters. The van der Waals surface area contributed by atoms with Crippen LogP contribution >= 0.6 is 0 Å². The van der Waals surface area contributed by atoms with Gasteiger partial charge in [0.05, 0.1) is 0 Å². The van der Waals surface area contributed by atoms with Gasteiger partial charge in [0, 0.05) is 19.3 Å².